The zero-order valence-electron chi connectivity index (χ0n) is 19.3. The molecule has 4 unspecified atom stereocenters. The highest BCUT2D eigenvalue weighted by Gasteiger charge is 2.59. The Hall–Kier alpha value is -3.39. The summed E-state index contributed by atoms with van der Waals surface area (Å²) in [5, 5.41) is 12.4. The Balaban J connectivity index is 0.999. The molecule has 2 aliphatic carbocycles. The quantitative estimate of drug-likeness (QED) is 0.664. The smallest absolute Gasteiger partial charge is 0.407 e. The van der Waals surface area contributed by atoms with Crippen molar-refractivity contribution in [2.24, 2.45) is 17.8 Å². The molecule has 2 N–H and O–H groups in total. The predicted octanol–water partition coefficient (Wildman–Crippen LogP) is 2.86. The van der Waals surface area contributed by atoms with Gasteiger partial charge in [-0.3, -0.25) is 4.79 Å². The summed E-state index contributed by atoms with van der Waals surface area (Å²) in [4.78, 5) is 38.8. The summed E-state index contributed by atoms with van der Waals surface area (Å²) in [6.45, 7) is 1.57. The third-order valence-electron chi connectivity index (χ3n) is 8.12. The van der Waals surface area contributed by atoms with E-state index in [1.807, 2.05) is 24.3 Å². The lowest BCUT2D eigenvalue weighted by Gasteiger charge is -2.23. The van der Waals surface area contributed by atoms with Crippen LogP contribution in [0.2, 0.25) is 0 Å². The standard InChI is InChI=1S/C27H28N2O6/c30-24(29-13-17-9-10-35-27(17,15-29)25(31)32)22-11-16(22)12-28-26(33)34-14-23-20-7-3-1-5-18(20)19-6-2-4-8-21(19)23/h1-8,16-17,22-23H,9-15H2,(H,28,33)(H,31,32). The van der Waals surface area contributed by atoms with E-state index in [9.17, 15) is 19.5 Å². The minimum Gasteiger partial charge on any atom is -0.479 e. The van der Waals surface area contributed by atoms with Crippen LogP contribution in [0.3, 0.4) is 0 Å². The SMILES string of the molecule is O=C(NCC1CC1C(=O)N1CC2CCOC2(C(=O)O)C1)OCC1c2ccccc2-c2ccccc21. The first-order chi connectivity index (χ1) is 17.0. The molecule has 2 aromatic carbocycles. The van der Waals surface area contributed by atoms with Gasteiger partial charge in [-0.1, -0.05) is 48.5 Å². The van der Waals surface area contributed by atoms with Crippen LogP contribution in [-0.4, -0.2) is 66.4 Å². The van der Waals surface area contributed by atoms with Crippen molar-refractivity contribution in [3.8, 4) is 11.1 Å². The number of nitrogens with zero attached hydrogens (tertiary/aromatic N) is 1. The molecule has 2 aromatic rings. The van der Waals surface area contributed by atoms with Crippen LogP contribution in [-0.2, 0) is 19.1 Å². The fourth-order valence-electron chi connectivity index (χ4n) is 6.11. The number of carbonyl (C=O) groups is 3. The van der Waals surface area contributed by atoms with Gasteiger partial charge in [0.1, 0.15) is 6.61 Å². The Morgan fingerprint density at radius 1 is 1.09 bits per heavy atom. The van der Waals surface area contributed by atoms with E-state index in [-0.39, 0.29) is 42.7 Å². The average Bonchev–Trinajstić information content (AvgIpc) is 3.20. The molecule has 0 bridgehead atoms. The lowest BCUT2D eigenvalue weighted by molar-refractivity contribution is -0.161. The highest BCUT2D eigenvalue weighted by Crippen LogP contribution is 2.45. The second-order valence-electron chi connectivity index (χ2n) is 10.1. The van der Waals surface area contributed by atoms with E-state index in [0.717, 1.165) is 11.1 Å². The summed E-state index contributed by atoms with van der Waals surface area (Å²) < 4.78 is 11.1. The zero-order chi connectivity index (χ0) is 24.2. The van der Waals surface area contributed by atoms with Gasteiger partial charge in [-0.05, 0) is 41.0 Å². The van der Waals surface area contributed by atoms with E-state index < -0.39 is 17.7 Å². The minimum atomic E-state index is -1.25. The molecule has 4 atom stereocenters. The molecule has 0 spiro atoms. The normalized spacial score (nSPS) is 28.2. The lowest BCUT2D eigenvalue weighted by atomic mass is 9.91. The van der Waals surface area contributed by atoms with E-state index in [4.69, 9.17) is 9.47 Å². The monoisotopic (exact) mass is 476 g/mol. The Morgan fingerprint density at radius 2 is 1.77 bits per heavy atom. The van der Waals surface area contributed by atoms with Crippen LogP contribution in [0.1, 0.15) is 29.9 Å². The van der Waals surface area contributed by atoms with Gasteiger partial charge >= 0.3 is 12.1 Å². The van der Waals surface area contributed by atoms with Crippen molar-refractivity contribution < 1.29 is 29.0 Å². The van der Waals surface area contributed by atoms with Crippen molar-refractivity contribution in [1.29, 1.82) is 0 Å². The van der Waals surface area contributed by atoms with Crippen molar-refractivity contribution in [2.75, 3.05) is 32.8 Å². The van der Waals surface area contributed by atoms with Gasteiger partial charge in [0.05, 0.1) is 6.54 Å². The van der Waals surface area contributed by atoms with Crippen molar-refractivity contribution in [3.05, 3.63) is 59.7 Å². The maximum Gasteiger partial charge on any atom is 0.407 e. The predicted molar refractivity (Wildman–Crippen MR) is 126 cm³/mol. The molecule has 35 heavy (non-hydrogen) atoms. The molecule has 2 amide bonds. The third-order valence-corrected chi connectivity index (χ3v) is 8.12. The summed E-state index contributed by atoms with van der Waals surface area (Å²) in [6, 6.07) is 16.4. The van der Waals surface area contributed by atoms with Crippen LogP contribution in [0, 0.1) is 17.8 Å². The molecular formula is C27H28N2O6. The summed E-state index contributed by atoms with van der Waals surface area (Å²) in [5.74, 6) is -1.32. The van der Waals surface area contributed by atoms with Crippen molar-refractivity contribution >= 4 is 18.0 Å². The van der Waals surface area contributed by atoms with Crippen LogP contribution in [0.25, 0.3) is 11.1 Å². The number of nitrogens with one attached hydrogen (secondary N) is 1. The first-order valence-corrected chi connectivity index (χ1v) is 12.2. The second kappa shape index (κ2) is 8.37. The number of aliphatic carboxylic acids is 1. The molecule has 2 saturated heterocycles. The van der Waals surface area contributed by atoms with Gasteiger partial charge < -0.3 is 24.8 Å². The number of ether oxygens (including phenoxy) is 2. The number of alkyl carbamates (subject to hydrolysis) is 1. The Bertz CT molecular complexity index is 1150. The molecule has 6 rings (SSSR count). The minimum absolute atomic E-state index is 0.00166. The summed E-state index contributed by atoms with van der Waals surface area (Å²) >= 11 is 0. The number of rotatable bonds is 6. The highest BCUT2D eigenvalue weighted by atomic mass is 16.5. The molecular weight excluding hydrogens is 448 g/mol. The Kier molecular flexibility index (Phi) is 5.29. The topological polar surface area (TPSA) is 105 Å². The Morgan fingerprint density at radius 3 is 2.43 bits per heavy atom. The van der Waals surface area contributed by atoms with Gasteiger partial charge in [0.25, 0.3) is 0 Å². The number of likely N-dealkylation sites (tertiary alicyclic amines) is 1. The van der Waals surface area contributed by atoms with Gasteiger partial charge in [0.2, 0.25) is 5.91 Å². The molecule has 2 heterocycles. The number of carboxylic acid groups (broad SMARTS) is 1. The van der Waals surface area contributed by atoms with Crippen molar-refractivity contribution in [1.82, 2.24) is 10.2 Å². The van der Waals surface area contributed by atoms with E-state index in [1.165, 1.54) is 11.1 Å². The highest BCUT2D eigenvalue weighted by molar-refractivity contribution is 5.86. The molecule has 0 radical (unpaired) electrons. The molecule has 8 heteroatoms. The van der Waals surface area contributed by atoms with Crippen LogP contribution in [0.4, 0.5) is 4.79 Å². The lowest BCUT2D eigenvalue weighted by Crippen LogP contribution is -2.46. The summed E-state index contributed by atoms with van der Waals surface area (Å²) in [6.07, 6.45) is 0.858. The van der Waals surface area contributed by atoms with Crippen molar-refractivity contribution in [3.63, 3.8) is 0 Å². The van der Waals surface area contributed by atoms with E-state index >= 15 is 0 Å². The molecule has 0 aromatic heterocycles. The van der Waals surface area contributed by atoms with Gasteiger partial charge in [0, 0.05) is 37.5 Å². The van der Waals surface area contributed by atoms with Crippen LogP contribution < -0.4 is 5.32 Å². The maximum atomic E-state index is 12.9. The van der Waals surface area contributed by atoms with Gasteiger partial charge in [-0.15, -0.1) is 0 Å². The molecule has 4 aliphatic rings. The average molecular weight is 477 g/mol. The largest absolute Gasteiger partial charge is 0.479 e. The number of amides is 2. The second-order valence-corrected chi connectivity index (χ2v) is 10.1. The zero-order valence-corrected chi connectivity index (χ0v) is 19.3. The van der Waals surface area contributed by atoms with Crippen LogP contribution >= 0.6 is 0 Å². The number of carboxylic acids is 1. The van der Waals surface area contributed by atoms with Gasteiger partial charge in [-0.25, -0.2) is 9.59 Å². The fraction of sp³-hybridized carbons (Fsp3) is 0.444. The number of hydrogen-bond donors (Lipinski definition) is 2. The van der Waals surface area contributed by atoms with Crippen molar-refractivity contribution in [2.45, 2.75) is 24.4 Å². The van der Waals surface area contributed by atoms with E-state index in [1.54, 1.807) is 4.90 Å². The number of benzene rings is 2. The van der Waals surface area contributed by atoms with E-state index in [0.29, 0.717) is 32.5 Å². The maximum absolute atomic E-state index is 12.9. The molecule has 3 fully saturated rings. The van der Waals surface area contributed by atoms with Crippen LogP contribution in [0.15, 0.2) is 48.5 Å². The van der Waals surface area contributed by atoms with Gasteiger partial charge in [0.15, 0.2) is 5.60 Å². The summed E-state index contributed by atoms with van der Waals surface area (Å²) in [5.41, 5.74) is 3.43. The molecule has 1 saturated carbocycles. The fourth-order valence-corrected chi connectivity index (χ4v) is 6.11. The molecule has 8 nitrogen and oxygen atoms in total. The van der Waals surface area contributed by atoms with Crippen LogP contribution in [0.5, 0.6) is 0 Å². The van der Waals surface area contributed by atoms with E-state index in [2.05, 4.69) is 29.6 Å². The first-order valence-electron chi connectivity index (χ1n) is 12.2. The molecule has 2 aliphatic heterocycles. The first kappa shape index (κ1) is 22.1. The Labute approximate surface area is 203 Å². The molecule has 182 valence electrons. The number of carbonyl (C=O) groups excluding carboxylic acids is 2. The van der Waals surface area contributed by atoms with Gasteiger partial charge in [-0.2, -0.15) is 0 Å². The summed E-state index contributed by atoms with van der Waals surface area (Å²) in [7, 11) is 0. The number of fused-ring (bicyclic) bond motifs is 4. The number of hydrogen-bond acceptors (Lipinski definition) is 5. The third kappa shape index (κ3) is 3.67.